The zero-order valence-corrected chi connectivity index (χ0v) is 15.8. The summed E-state index contributed by atoms with van der Waals surface area (Å²) in [6, 6.07) is 12.7. The number of likely N-dealkylation sites (tertiary alicyclic amines) is 1. The molecular weight excluding hydrogens is 340 g/mol. The van der Waals surface area contributed by atoms with Gasteiger partial charge in [-0.15, -0.1) is 0 Å². The third kappa shape index (κ3) is 5.35. The number of pyridine rings is 1. The first-order chi connectivity index (χ1) is 13.0. The zero-order chi connectivity index (χ0) is 19.2. The van der Waals surface area contributed by atoms with E-state index < -0.39 is 0 Å². The number of likely N-dealkylation sites (N-methyl/N-ethyl adjacent to an activating group) is 1. The minimum atomic E-state index is -0.324. The van der Waals surface area contributed by atoms with E-state index in [-0.39, 0.29) is 25.1 Å². The molecule has 3 N–H and O–H groups in total. The van der Waals surface area contributed by atoms with Gasteiger partial charge in [-0.2, -0.15) is 0 Å². The maximum Gasteiger partial charge on any atom is 0.231 e. The lowest BCUT2D eigenvalue weighted by Gasteiger charge is -2.22. The minimum Gasteiger partial charge on any atom is -0.395 e. The summed E-state index contributed by atoms with van der Waals surface area (Å²) in [6.07, 6.45) is 4.11. The molecule has 2 heterocycles. The Bertz CT molecular complexity index is 763. The maximum atomic E-state index is 11.0. The number of amides is 1. The fourth-order valence-electron chi connectivity index (χ4n) is 3.69. The monoisotopic (exact) mass is 368 g/mol. The van der Waals surface area contributed by atoms with Gasteiger partial charge in [0.1, 0.15) is 0 Å². The van der Waals surface area contributed by atoms with Gasteiger partial charge in [0.25, 0.3) is 0 Å². The Kier molecular flexibility index (Phi) is 6.55. The third-order valence-corrected chi connectivity index (χ3v) is 5.04. The van der Waals surface area contributed by atoms with Gasteiger partial charge >= 0.3 is 0 Å². The fraction of sp³-hybridized carbons (Fsp3) is 0.429. The van der Waals surface area contributed by atoms with E-state index in [0.29, 0.717) is 6.54 Å². The van der Waals surface area contributed by atoms with E-state index in [1.54, 1.807) is 0 Å². The Balaban J connectivity index is 1.66. The molecule has 1 aliphatic heterocycles. The van der Waals surface area contributed by atoms with Gasteiger partial charge in [-0.3, -0.25) is 19.6 Å². The first kappa shape index (κ1) is 19.5. The highest BCUT2D eigenvalue weighted by molar-refractivity contribution is 5.75. The van der Waals surface area contributed by atoms with Crippen LogP contribution in [0.4, 0.5) is 0 Å². The SMILES string of the molecule is CN(CC(N)=O)Cc1cccc(-c2ccc(CN3CCC[C@H]3CO)nc2)c1. The van der Waals surface area contributed by atoms with Crippen LogP contribution in [0.3, 0.4) is 0 Å². The number of aliphatic hydroxyl groups is 1. The van der Waals surface area contributed by atoms with Crippen LogP contribution in [0.1, 0.15) is 24.1 Å². The maximum absolute atomic E-state index is 11.0. The van der Waals surface area contributed by atoms with Gasteiger partial charge in [0.05, 0.1) is 18.8 Å². The molecule has 0 bridgehead atoms. The highest BCUT2D eigenvalue weighted by atomic mass is 16.3. The Morgan fingerprint density at radius 1 is 1.33 bits per heavy atom. The molecule has 1 amide bonds. The molecule has 0 unspecified atom stereocenters. The summed E-state index contributed by atoms with van der Waals surface area (Å²) in [6.45, 7) is 2.93. The van der Waals surface area contributed by atoms with Crippen molar-refractivity contribution in [3.05, 3.63) is 53.9 Å². The minimum absolute atomic E-state index is 0.217. The number of nitrogens with two attached hydrogens (primary N) is 1. The summed E-state index contributed by atoms with van der Waals surface area (Å²) in [5.41, 5.74) is 9.58. The molecule has 0 radical (unpaired) electrons. The molecule has 1 fully saturated rings. The standard InChI is InChI=1S/C21H28N4O2/c1-24(14-21(22)27)12-16-4-2-5-17(10-16)18-7-8-19(23-11-18)13-25-9-3-6-20(25)15-26/h2,4-5,7-8,10-11,20,26H,3,6,9,12-15H2,1H3,(H2,22,27)/t20-/m0/s1. The van der Waals surface area contributed by atoms with Gasteiger partial charge in [-0.1, -0.05) is 24.3 Å². The third-order valence-electron chi connectivity index (χ3n) is 5.04. The Hall–Kier alpha value is -2.28. The van der Waals surface area contributed by atoms with E-state index in [4.69, 9.17) is 5.73 Å². The lowest BCUT2D eigenvalue weighted by atomic mass is 10.0. The lowest BCUT2D eigenvalue weighted by Crippen LogP contribution is -2.31. The molecule has 0 saturated carbocycles. The second kappa shape index (κ2) is 9.08. The first-order valence-corrected chi connectivity index (χ1v) is 9.41. The van der Waals surface area contributed by atoms with Crippen molar-refractivity contribution < 1.29 is 9.90 Å². The lowest BCUT2D eigenvalue weighted by molar-refractivity contribution is -0.118. The summed E-state index contributed by atoms with van der Waals surface area (Å²) >= 11 is 0. The number of rotatable bonds is 8. The van der Waals surface area contributed by atoms with E-state index >= 15 is 0 Å². The van der Waals surface area contributed by atoms with Gasteiger partial charge in [-0.25, -0.2) is 0 Å². The van der Waals surface area contributed by atoms with Crippen molar-refractivity contribution in [1.82, 2.24) is 14.8 Å². The molecule has 6 heteroatoms. The predicted molar refractivity (Wildman–Crippen MR) is 106 cm³/mol. The average Bonchev–Trinajstić information content (AvgIpc) is 3.09. The van der Waals surface area contributed by atoms with Crippen LogP contribution < -0.4 is 5.73 Å². The smallest absolute Gasteiger partial charge is 0.231 e. The summed E-state index contributed by atoms with van der Waals surface area (Å²) in [5.74, 6) is -0.324. The fourth-order valence-corrected chi connectivity index (χ4v) is 3.69. The van der Waals surface area contributed by atoms with Crippen LogP contribution in [0.2, 0.25) is 0 Å². The zero-order valence-electron chi connectivity index (χ0n) is 15.8. The van der Waals surface area contributed by atoms with Crippen LogP contribution >= 0.6 is 0 Å². The van der Waals surface area contributed by atoms with Crippen molar-refractivity contribution in [3.8, 4) is 11.1 Å². The van der Waals surface area contributed by atoms with Crippen LogP contribution in [0.25, 0.3) is 11.1 Å². The average molecular weight is 368 g/mol. The molecule has 0 aliphatic carbocycles. The molecule has 1 aromatic heterocycles. The van der Waals surface area contributed by atoms with Crippen LogP contribution in [-0.2, 0) is 17.9 Å². The van der Waals surface area contributed by atoms with Crippen molar-refractivity contribution in [2.24, 2.45) is 5.73 Å². The van der Waals surface area contributed by atoms with Crippen molar-refractivity contribution in [2.45, 2.75) is 32.0 Å². The highest BCUT2D eigenvalue weighted by Crippen LogP contribution is 2.22. The summed E-state index contributed by atoms with van der Waals surface area (Å²) in [4.78, 5) is 19.9. The number of hydrogen-bond donors (Lipinski definition) is 2. The molecule has 0 spiro atoms. The number of aromatic nitrogens is 1. The molecule has 1 saturated heterocycles. The van der Waals surface area contributed by atoms with Crippen LogP contribution in [0, 0.1) is 0 Å². The van der Waals surface area contributed by atoms with Crippen molar-refractivity contribution in [3.63, 3.8) is 0 Å². The topological polar surface area (TPSA) is 82.7 Å². The second-order valence-corrected chi connectivity index (χ2v) is 7.33. The Morgan fingerprint density at radius 2 is 2.19 bits per heavy atom. The largest absolute Gasteiger partial charge is 0.395 e. The number of hydrogen-bond acceptors (Lipinski definition) is 5. The van der Waals surface area contributed by atoms with Crippen molar-refractivity contribution >= 4 is 5.91 Å². The van der Waals surface area contributed by atoms with Gasteiger partial charge in [0.15, 0.2) is 0 Å². The van der Waals surface area contributed by atoms with E-state index in [1.165, 1.54) is 0 Å². The number of carbonyl (C=O) groups excluding carboxylic acids is 1. The van der Waals surface area contributed by atoms with E-state index in [0.717, 1.165) is 48.3 Å². The van der Waals surface area contributed by atoms with Crippen LogP contribution in [-0.4, -0.2) is 58.6 Å². The molecule has 6 nitrogen and oxygen atoms in total. The molecule has 1 aromatic carbocycles. The molecule has 27 heavy (non-hydrogen) atoms. The quantitative estimate of drug-likeness (QED) is 0.740. The predicted octanol–water partition coefficient (Wildman–Crippen LogP) is 1.62. The summed E-state index contributed by atoms with van der Waals surface area (Å²) in [5, 5.41) is 9.45. The number of carbonyl (C=O) groups is 1. The normalized spacial score (nSPS) is 17.5. The van der Waals surface area contributed by atoms with E-state index in [1.807, 2.05) is 30.3 Å². The van der Waals surface area contributed by atoms with Gasteiger partial charge in [0, 0.05) is 30.9 Å². The number of benzene rings is 1. The first-order valence-electron chi connectivity index (χ1n) is 9.41. The van der Waals surface area contributed by atoms with E-state index in [2.05, 4.69) is 34.1 Å². The van der Waals surface area contributed by atoms with Crippen molar-refractivity contribution in [1.29, 1.82) is 0 Å². The molecule has 144 valence electrons. The van der Waals surface area contributed by atoms with Crippen LogP contribution in [0.5, 0.6) is 0 Å². The second-order valence-electron chi connectivity index (χ2n) is 7.33. The molecular formula is C21H28N4O2. The Labute approximate surface area is 160 Å². The summed E-state index contributed by atoms with van der Waals surface area (Å²) < 4.78 is 0. The van der Waals surface area contributed by atoms with Gasteiger partial charge < -0.3 is 10.8 Å². The highest BCUT2D eigenvalue weighted by Gasteiger charge is 2.23. The molecule has 2 aromatic rings. The van der Waals surface area contributed by atoms with Crippen LogP contribution in [0.15, 0.2) is 42.6 Å². The number of nitrogens with zero attached hydrogens (tertiary/aromatic N) is 3. The van der Waals surface area contributed by atoms with E-state index in [9.17, 15) is 9.90 Å². The van der Waals surface area contributed by atoms with Crippen molar-refractivity contribution in [2.75, 3.05) is 26.7 Å². The Morgan fingerprint density at radius 3 is 2.89 bits per heavy atom. The molecule has 1 aliphatic rings. The number of aliphatic hydroxyl groups excluding tert-OH is 1. The number of primary amides is 1. The summed E-state index contributed by atoms with van der Waals surface area (Å²) in [7, 11) is 1.88. The molecule has 3 rings (SSSR count). The molecule has 1 atom stereocenters. The van der Waals surface area contributed by atoms with Gasteiger partial charge in [0.2, 0.25) is 5.91 Å². The van der Waals surface area contributed by atoms with Gasteiger partial charge in [-0.05, 0) is 49.7 Å².